The zero-order valence-corrected chi connectivity index (χ0v) is 10.9. The van der Waals surface area contributed by atoms with E-state index < -0.39 is 32.8 Å². The lowest BCUT2D eigenvalue weighted by molar-refractivity contribution is -0.157. The highest BCUT2D eigenvalue weighted by atomic mass is 32.2. The molecule has 0 spiro atoms. The number of hydrogen-bond donors (Lipinski definition) is 0. The van der Waals surface area contributed by atoms with Crippen LogP contribution >= 0.6 is 0 Å². The maximum absolute atomic E-state index is 11.7. The summed E-state index contributed by atoms with van der Waals surface area (Å²) >= 11 is 0. The Morgan fingerprint density at radius 1 is 1.19 bits per heavy atom. The van der Waals surface area contributed by atoms with Crippen LogP contribution in [0, 0.1) is 5.41 Å². The molecule has 5 nitrogen and oxygen atoms in total. The second-order valence-electron chi connectivity index (χ2n) is 3.95. The van der Waals surface area contributed by atoms with Crippen molar-refractivity contribution < 1.29 is 22.7 Å². The lowest BCUT2D eigenvalue weighted by Gasteiger charge is -2.20. The molecule has 0 aliphatic heterocycles. The van der Waals surface area contributed by atoms with E-state index in [1.807, 2.05) is 0 Å². The van der Waals surface area contributed by atoms with Gasteiger partial charge in [-0.25, -0.2) is 8.42 Å². The van der Waals surface area contributed by atoms with Gasteiger partial charge in [-0.3, -0.25) is 9.59 Å². The number of sulfone groups is 1. The minimum atomic E-state index is -3.41. The lowest BCUT2D eigenvalue weighted by atomic mass is 9.89. The van der Waals surface area contributed by atoms with Gasteiger partial charge in [0.1, 0.15) is 11.2 Å². The molecular formula is C10H18O5S. The van der Waals surface area contributed by atoms with Gasteiger partial charge in [0.15, 0.2) is 15.6 Å². The topological polar surface area (TPSA) is 77.5 Å². The van der Waals surface area contributed by atoms with Gasteiger partial charge in [-0.05, 0) is 20.8 Å². The van der Waals surface area contributed by atoms with Gasteiger partial charge in [-0.15, -0.1) is 0 Å². The van der Waals surface area contributed by atoms with Crippen molar-refractivity contribution in [2.45, 2.75) is 27.7 Å². The normalized spacial score (nSPS) is 12.2. The first kappa shape index (κ1) is 15.1. The minimum Gasteiger partial charge on any atom is -0.465 e. The third kappa shape index (κ3) is 3.92. The molecule has 0 aromatic heterocycles. The fraction of sp³-hybridized carbons (Fsp3) is 0.800. The molecule has 0 fully saturated rings. The summed E-state index contributed by atoms with van der Waals surface area (Å²) in [7, 11) is -3.41. The van der Waals surface area contributed by atoms with E-state index >= 15 is 0 Å². The summed E-state index contributed by atoms with van der Waals surface area (Å²) in [5, 5.41) is 0. The smallest absolute Gasteiger partial charge is 0.319 e. The van der Waals surface area contributed by atoms with Crippen LogP contribution in [0.15, 0.2) is 0 Å². The van der Waals surface area contributed by atoms with Gasteiger partial charge < -0.3 is 4.74 Å². The van der Waals surface area contributed by atoms with Crippen LogP contribution in [0.1, 0.15) is 27.7 Å². The van der Waals surface area contributed by atoms with Crippen LogP contribution in [0.5, 0.6) is 0 Å². The molecule has 0 N–H and O–H groups in total. The molecule has 0 heterocycles. The van der Waals surface area contributed by atoms with Crippen molar-refractivity contribution in [2.24, 2.45) is 5.41 Å². The van der Waals surface area contributed by atoms with Gasteiger partial charge in [-0.2, -0.15) is 0 Å². The summed E-state index contributed by atoms with van der Waals surface area (Å²) in [6.45, 7) is 5.99. The minimum absolute atomic E-state index is 0.113. The number of carbonyl (C=O) groups excluding carboxylic acids is 2. The van der Waals surface area contributed by atoms with Gasteiger partial charge in [0, 0.05) is 5.75 Å². The molecule has 16 heavy (non-hydrogen) atoms. The third-order valence-corrected chi connectivity index (χ3v) is 3.86. The zero-order chi connectivity index (χ0) is 13.0. The second-order valence-corrected chi connectivity index (χ2v) is 6.30. The van der Waals surface area contributed by atoms with Gasteiger partial charge in [0.25, 0.3) is 0 Å². The molecule has 0 aliphatic rings. The van der Waals surface area contributed by atoms with Crippen LogP contribution in [0.2, 0.25) is 0 Å². The van der Waals surface area contributed by atoms with Crippen molar-refractivity contribution in [2.75, 3.05) is 18.1 Å². The van der Waals surface area contributed by atoms with E-state index in [2.05, 4.69) is 0 Å². The van der Waals surface area contributed by atoms with Gasteiger partial charge in [-0.1, -0.05) is 6.92 Å². The quantitative estimate of drug-likeness (QED) is 0.509. The summed E-state index contributed by atoms with van der Waals surface area (Å²) in [5.41, 5.74) is -1.40. The van der Waals surface area contributed by atoms with Crippen LogP contribution in [0.3, 0.4) is 0 Å². The maximum Gasteiger partial charge on any atom is 0.319 e. The number of carbonyl (C=O) groups is 2. The largest absolute Gasteiger partial charge is 0.465 e. The summed E-state index contributed by atoms with van der Waals surface area (Å²) in [6, 6.07) is 0. The first-order valence-corrected chi connectivity index (χ1v) is 6.90. The van der Waals surface area contributed by atoms with Crippen molar-refractivity contribution in [3.8, 4) is 0 Å². The first-order valence-electron chi connectivity index (χ1n) is 5.08. The van der Waals surface area contributed by atoms with Crippen molar-refractivity contribution in [3.05, 3.63) is 0 Å². The number of ketones is 1. The summed E-state index contributed by atoms with van der Waals surface area (Å²) in [5.74, 6) is -2.05. The molecule has 0 unspecified atom stereocenters. The molecule has 0 radical (unpaired) electrons. The molecular weight excluding hydrogens is 232 g/mol. The van der Waals surface area contributed by atoms with Gasteiger partial charge in [0.2, 0.25) is 0 Å². The molecule has 0 aromatic carbocycles. The Morgan fingerprint density at radius 3 is 2.06 bits per heavy atom. The summed E-state index contributed by atoms with van der Waals surface area (Å²) in [6.07, 6.45) is 0. The van der Waals surface area contributed by atoms with E-state index in [0.29, 0.717) is 0 Å². The molecule has 0 saturated carbocycles. The standard InChI is InChI=1S/C10H18O5S/c1-5-15-9(12)10(3,4)8(11)7-16(13,14)6-2/h5-7H2,1-4H3. The Bertz CT molecular complexity index is 367. The van der Waals surface area contributed by atoms with E-state index in [9.17, 15) is 18.0 Å². The molecule has 0 rings (SSSR count). The Hall–Kier alpha value is -0.910. The van der Waals surface area contributed by atoms with Crippen molar-refractivity contribution in [1.82, 2.24) is 0 Å². The average Bonchev–Trinajstić information content (AvgIpc) is 2.17. The summed E-state index contributed by atoms with van der Waals surface area (Å²) < 4.78 is 27.2. The van der Waals surface area contributed by atoms with Crippen LogP contribution < -0.4 is 0 Å². The third-order valence-electron chi connectivity index (χ3n) is 2.27. The maximum atomic E-state index is 11.7. The fourth-order valence-corrected chi connectivity index (χ4v) is 1.87. The average molecular weight is 250 g/mol. The van der Waals surface area contributed by atoms with Gasteiger partial charge >= 0.3 is 5.97 Å². The Balaban J connectivity index is 4.78. The van der Waals surface area contributed by atoms with E-state index in [1.54, 1.807) is 6.92 Å². The predicted molar refractivity (Wildman–Crippen MR) is 59.7 cm³/mol. The Labute approximate surface area is 96.1 Å². The van der Waals surface area contributed by atoms with Crippen molar-refractivity contribution in [3.63, 3.8) is 0 Å². The number of ether oxygens (including phenoxy) is 1. The summed E-state index contributed by atoms with van der Waals surface area (Å²) in [4.78, 5) is 23.1. The number of Topliss-reactive ketones (excluding diaryl/α,β-unsaturated/α-hetero) is 1. The highest BCUT2D eigenvalue weighted by molar-refractivity contribution is 7.92. The van der Waals surface area contributed by atoms with E-state index in [1.165, 1.54) is 20.8 Å². The number of hydrogen-bond acceptors (Lipinski definition) is 5. The molecule has 0 aliphatic carbocycles. The SMILES string of the molecule is CCOC(=O)C(C)(C)C(=O)CS(=O)(=O)CC. The molecule has 0 amide bonds. The first-order chi connectivity index (χ1) is 7.17. The molecule has 0 aromatic rings. The molecule has 0 atom stereocenters. The second kappa shape index (κ2) is 5.43. The lowest BCUT2D eigenvalue weighted by Crippen LogP contribution is -2.39. The molecule has 0 saturated heterocycles. The number of rotatable bonds is 6. The fourth-order valence-electron chi connectivity index (χ4n) is 0.908. The van der Waals surface area contributed by atoms with E-state index in [0.717, 1.165) is 0 Å². The van der Waals surface area contributed by atoms with Crippen LogP contribution in [0.25, 0.3) is 0 Å². The Morgan fingerprint density at radius 2 is 1.69 bits per heavy atom. The predicted octanol–water partition coefficient (Wildman–Crippen LogP) is 0.579. The van der Waals surface area contributed by atoms with Crippen molar-refractivity contribution in [1.29, 1.82) is 0 Å². The van der Waals surface area contributed by atoms with Crippen LogP contribution in [-0.4, -0.2) is 38.3 Å². The molecule has 94 valence electrons. The zero-order valence-electron chi connectivity index (χ0n) is 10.1. The highest BCUT2D eigenvalue weighted by Crippen LogP contribution is 2.20. The van der Waals surface area contributed by atoms with Gasteiger partial charge in [0.05, 0.1) is 6.61 Å². The molecule has 6 heteroatoms. The molecule has 0 bridgehead atoms. The van der Waals surface area contributed by atoms with E-state index in [-0.39, 0.29) is 12.4 Å². The van der Waals surface area contributed by atoms with Crippen LogP contribution in [0.4, 0.5) is 0 Å². The Kier molecular flexibility index (Phi) is 5.12. The van der Waals surface area contributed by atoms with Crippen molar-refractivity contribution >= 4 is 21.6 Å². The van der Waals surface area contributed by atoms with E-state index in [4.69, 9.17) is 4.74 Å². The number of esters is 1. The monoisotopic (exact) mass is 250 g/mol. The van der Waals surface area contributed by atoms with Crippen LogP contribution in [-0.2, 0) is 24.2 Å². The highest BCUT2D eigenvalue weighted by Gasteiger charge is 2.38.